The molecule has 1 aliphatic heterocycles. The zero-order valence-corrected chi connectivity index (χ0v) is 18.9. The first kappa shape index (κ1) is 21.1. The highest BCUT2D eigenvalue weighted by atomic mass is 16.5. The zero-order chi connectivity index (χ0) is 22.9. The van der Waals surface area contributed by atoms with Crippen LogP contribution in [0.4, 0.5) is 0 Å². The van der Waals surface area contributed by atoms with E-state index in [1.165, 1.54) is 0 Å². The summed E-state index contributed by atoms with van der Waals surface area (Å²) >= 11 is 0. The summed E-state index contributed by atoms with van der Waals surface area (Å²) in [6.07, 6.45) is 4.97. The summed E-state index contributed by atoms with van der Waals surface area (Å²) in [5.41, 5.74) is 4.50. The monoisotopic (exact) mass is 446 g/mol. The van der Waals surface area contributed by atoms with Gasteiger partial charge in [-0.3, -0.25) is 4.40 Å². The molecule has 1 aliphatic rings. The minimum atomic E-state index is -0.334. The number of ether oxygens (including phenoxy) is 1. The van der Waals surface area contributed by atoms with Crippen LogP contribution in [0, 0.1) is 18.3 Å². The van der Waals surface area contributed by atoms with Crippen molar-refractivity contribution in [2.75, 3.05) is 13.1 Å². The molecule has 11 nitrogen and oxygen atoms in total. The fourth-order valence-corrected chi connectivity index (χ4v) is 4.45. The van der Waals surface area contributed by atoms with Gasteiger partial charge >= 0.3 is 0 Å². The number of rotatable bonds is 6. The van der Waals surface area contributed by atoms with E-state index in [-0.39, 0.29) is 6.10 Å². The lowest BCUT2D eigenvalue weighted by Crippen LogP contribution is -2.30. The molecule has 0 spiro atoms. The van der Waals surface area contributed by atoms with E-state index >= 15 is 0 Å². The number of hydrogen-bond acceptors (Lipinski definition) is 8. The lowest BCUT2D eigenvalue weighted by atomic mass is 10.1. The van der Waals surface area contributed by atoms with E-state index in [1.54, 1.807) is 21.5 Å². The largest absolute Gasteiger partial charge is 0.469 e. The second-order valence-corrected chi connectivity index (χ2v) is 8.22. The van der Waals surface area contributed by atoms with E-state index in [4.69, 9.17) is 4.74 Å². The lowest BCUT2D eigenvalue weighted by Gasteiger charge is -2.23. The van der Waals surface area contributed by atoms with Crippen LogP contribution in [0.1, 0.15) is 55.9 Å². The van der Waals surface area contributed by atoms with Crippen molar-refractivity contribution >= 4 is 5.65 Å². The van der Waals surface area contributed by atoms with Gasteiger partial charge in [-0.25, -0.2) is 14.3 Å². The molecular weight excluding hydrogens is 420 g/mol. The van der Waals surface area contributed by atoms with E-state index in [9.17, 15) is 5.26 Å². The van der Waals surface area contributed by atoms with E-state index < -0.39 is 0 Å². The Balaban J connectivity index is 1.56. The van der Waals surface area contributed by atoms with Gasteiger partial charge in [0, 0.05) is 18.2 Å². The number of fused-ring (bicyclic) bond motifs is 1. The molecule has 0 aliphatic carbocycles. The van der Waals surface area contributed by atoms with Crippen LogP contribution in [0.2, 0.25) is 0 Å². The minimum absolute atomic E-state index is 0.334. The molecule has 170 valence electrons. The van der Waals surface area contributed by atoms with Gasteiger partial charge in [0.15, 0.2) is 0 Å². The van der Waals surface area contributed by atoms with E-state index in [1.807, 2.05) is 37.6 Å². The van der Waals surface area contributed by atoms with E-state index in [2.05, 4.69) is 37.0 Å². The summed E-state index contributed by atoms with van der Waals surface area (Å²) in [6, 6.07) is 6.34. The first-order valence-electron chi connectivity index (χ1n) is 11.2. The summed E-state index contributed by atoms with van der Waals surface area (Å²) in [4.78, 5) is 4.43. The van der Waals surface area contributed by atoms with Crippen LogP contribution in [0.25, 0.3) is 16.9 Å². The predicted octanol–water partition coefficient (Wildman–Crippen LogP) is 2.45. The Morgan fingerprint density at radius 1 is 1.24 bits per heavy atom. The molecule has 33 heavy (non-hydrogen) atoms. The van der Waals surface area contributed by atoms with E-state index in [0.29, 0.717) is 29.8 Å². The van der Waals surface area contributed by atoms with Crippen LogP contribution in [0.3, 0.4) is 0 Å². The molecule has 0 radical (unpaired) electrons. The Morgan fingerprint density at radius 3 is 2.82 bits per heavy atom. The Morgan fingerprint density at radius 2 is 2.06 bits per heavy atom. The third-order valence-corrected chi connectivity index (χ3v) is 6.20. The van der Waals surface area contributed by atoms with Gasteiger partial charge in [0.2, 0.25) is 5.88 Å². The van der Waals surface area contributed by atoms with Crippen LogP contribution in [-0.2, 0) is 6.54 Å². The van der Waals surface area contributed by atoms with Crippen molar-refractivity contribution in [2.24, 2.45) is 0 Å². The zero-order valence-electron chi connectivity index (χ0n) is 18.9. The van der Waals surface area contributed by atoms with Gasteiger partial charge < -0.3 is 10.1 Å². The minimum Gasteiger partial charge on any atom is -0.469 e. The average molecular weight is 447 g/mol. The molecule has 4 aromatic heterocycles. The first-order valence-corrected chi connectivity index (χ1v) is 11.2. The predicted molar refractivity (Wildman–Crippen MR) is 120 cm³/mol. The summed E-state index contributed by atoms with van der Waals surface area (Å²) in [5.74, 6) is 0.503. The molecule has 1 saturated heterocycles. The second-order valence-electron chi connectivity index (χ2n) is 8.22. The topological polar surface area (TPSA) is 124 Å². The summed E-state index contributed by atoms with van der Waals surface area (Å²) in [6.45, 7) is 8.63. The van der Waals surface area contributed by atoms with Crippen LogP contribution in [0.5, 0.6) is 5.88 Å². The number of nitrogens with zero attached hydrogens (tertiary/aromatic N) is 9. The van der Waals surface area contributed by atoms with Gasteiger partial charge in [-0.1, -0.05) is 10.4 Å². The molecule has 5 rings (SSSR count). The highest BCUT2D eigenvalue weighted by Crippen LogP contribution is 2.32. The molecular formula is C22H26N10O. The SMILES string of the molecule is CCn1nncc1C(C)Oc1cc(-c2nnn(C3CCNCC3)c2C)cc2ncc(C#N)n12. The maximum atomic E-state index is 9.61. The highest BCUT2D eigenvalue weighted by Gasteiger charge is 2.23. The number of aryl methyl sites for hydroxylation is 1. The number of imidazole rings is 1. The Kier molecular flexibility index (Phi) is 5.51. The van der Waals surface area contributed by atoms with Gasteiger partial charge in [-0.15, -0.1) is 10.2 Å². The summed E-state index contributed by atoms with van der Waals surface area (Å²) in [7, 11) is 0. The van der Waals surface area contributed by atoms with Crippen LogP contribution in [0.15, 0.2) is 24.5 Å². The maximum Gasteiger partial charge on any atom is 0.201 e. The molecule has 1 fully saturated rings. The fourth-order valence-electron chi connectivity index (χ4n) is 4.45. The standard InChI is InChI=1S/C22H26N10O/c1-4-30-19(13-26-28-30)15(3)33-21-10-16(9-20-25-12-18(11-23)31(20)21)22-14(2)32(29-27-22)17-5-7-24-8-6-17/h9-10,12-13,15,17,24H,4-8H2,1-3H3. The van der Waals surface area contributed by atoms with Gasteiger partial charge in [-0.2, -0.15) is 5.26 Å². The normalized spacial score (nSPS) is 15.6. The Hall–Kier alpha value is -3.78. The van der Waals surface area contributed by atoms with Crippen molar-refractivity contribution < 1.29 is 4.74 Å². The van der Waals surface area contributed by atoms with Crippen molar-refractivity contribution in [3.05, 3.63) is 41.6 Å². The molecule has 0 amide bonds. The third-order valence-electron chi connectivity index (χ3n) is 6.20. The van der Waals surface area contributed by atoms with Crippen molar-refractivity contribution in [3.63, 3.8) is 0 Å². The molecule has 11 heteroatoms. The number of nitrogens with one attached hydrogen (secondary N) is 1. The number of piperidine rings is 1. The molecule has 0 bridgehead atoms. The molecule has 1 unspecified atom stereocenters. The van der Waals surface area contributed by atoms with Crippen molar-refractivity contribution in [1.29, 1.82) is 5.26 Å². The number of aromatic nitrogens is 8. The Bertz CT molecular complexity index is 1320. The van der Waals surface area contributed by atoms with Gasteiger partial charge in [0.05, 0.1) is 29.8 Å². The van der Waals surface area contributed by atoms with Crippen LogP contribution < -0.4 is 10.1 Å². The van der Waals surface area contributed by atoms with Crippen LogP contribution >= 0.6 is 0 Å². The van der Waals surface area contributed by atoms with Gasteiger partial charge in [0.25, 0.3) is 0 Å². The molecule has 5 heterocycles. The van der Waals surface area contributed by atoms with Crippen molar-refractivity contribution in [2.45, 2.75) is 52.3 Å². The second kappa shape index (κ2) is 8.63. The summed E-state index contributed by atoms with van der Waals surface area (Å²) < 4.78 is 11.9. The number of hydrogen-bond donors (Lipinski definition) is 1. The quantitative estimate of drug-likeness (QED) is 0.479. The smallest absolute Gasteiger partial charge is 0.201 e. The maximum absolute atomic E-state index is 9.61. The number of pyridine rings is 1. The first-order chi connectivity index (χ1) is 16.1. The molecule has 0 aromatic carbocycles. The summed E-state index contributed by atoms with van der Waals surface area (Å²) in [5, 5.41) is 30.1. The third kappa shape index (κ3) is 3.72. The highest BCUT2D eigenvalue weighted by molar-refractivity contribution is 5.68. The Labute approximate surface area is 191 Å². The molecule has 4 aromatic rings. The fraction of sp³-hybridized carbons (Fsp3) is 0.455. The molecule has 1 atom stereocenters. The van der Waals surface area contributed by atoms with Crippen molar-refractivity contribution in [3.8, 4) is 23.2 Å². The van der Waals surface area contributed by atoms with Gasteiger partial charge in [0.1, 0.15) is 29.2 Å². The van der Waals surface area contributed by atoms with E-state index in [0.717, 1.165) is 48.6 Å². The average Bonchev–Trinajstić information content (AvgIpc) is 3.57. The van der Waals surface area contributed by atoms with Crippen LogP contribution in [-0.4, -0.2) is 52.5 Å². The molecule has 0 saturated carbocycles. The van der Waals surface area contributed by atoms with Crippen molar-refractivity contribution in [1.82, 2.24) is 44.7 Å². The molecule has 1 N–H and O–H groups in total. The van der Waals surface area contributed by atoms with Gasteiger partial charge in [-0.05, 0) is 52.8 Å². The number of nitriles is 1. The lowest BCUT2D eigenvalue weighted by molar-refractivity contribution is 0.203.